The molecule has 3 nitrogen and oxygen atoms in total. The summed E-state index contributed by atoms with van der Waals surface area (Å²) in [6.07, 6.45) is 1.82. The Labute approximate surface area is 124 Å². The molecule has 0 spiro atoms. The van der Waals surface area contributed by atoms with Crippen LogP contribution < -0.4 is 0 Å². The van der Waals surface area contributed by atoms with Crippen LogP contribution in [0.1, 0.15) is 30.9 Å². The molecule has 0 saturated heterocycles. The second kappa shape index (κ2) is 5.06. The molecule has 2 aromatic carbocycles. The van der Waals surface area contributed by atoms with Gasteiger partial charge >= 0.3 is 0 Å². The molecular weight excluding hydrogens is 258 g/mol. The van der Waals surface area contributed by atoms with Gasteiger partial charge in [0, 0.05) is 11.3 Å². The van der Waals surface area contributed by atoms with Crippen molar-refractivity contribution in [1.82, 2.24) is 10.2 Å². The number of benzene rings is 2. The van der Waals surface area contributed by atoms with Crippen LogP contribution in [0.25, 0.3) is 10.9 Å². The molecule has 1 N–H and O–H groups in total. The molecule has 0 aliphatic heterocycles. The highest BCUT2D eigenvalue weighted by Crippen LogP contribution is 2.41. The maximum Gasteiger partial charge on any atom is 0.0693 e. The van der Waals surface area contributed by atoms with Crippen LogP contribution in [-0.2, 0) is 0 Å². The minimum atomic E-state index is -0.487. The molecule has 3 rings (SSSR count). The van der Waals surface area contributed by atoms with Gasteiger partial charge in [0.05, 0.1) is 23.2 Å². The smallest absolute Gasteiger partial charge is 0.0693 e. The van der Waals surface area contributed by atoms with Gasteiger partial charge in [0.25, 0.3) is 0 Å². The van der Waals surface area contributed by atoms with Gasteiger partial charge in [-0.2, -0.15) is 10.4 Å². The molecule has 104 valence electrons. The van der Waals surface area contributed by atoms with Gasteiger partial charge in [0.1, 0.15) is 0 Å². The average Bonchev–Trinajstić information content (AvgIpc) is 2.96. The number of hydrogen-bond donors (Lipinski definition) is 1. The van der Waals surface area contributed by atoms with Crippen molar-refractivity contribution in [2.75, 3.05) is 0 Å². The number of rotatable bonds is 3. The number of hydrogen-bond acceptors (Lipinski definition) is 2. The Balaban J connectivity index is 2.17. The van der Waals surface area contributed by atoms with E-state index in [4.69, 9.17) is 0 Å². The highest BCUT2D eigenvalue weighted by atomic mass is 15.1. The van der Waals surface area contributed by atoms with Crippen LogP contribution in [0.3, 0.4) is 0 Å². The number of nitriles is 1. The Bertz CT molecular complexity index is 794. The lowest BCUT2D eigenvalue weighted by Gasteiger charge is -2.29. The van der Waals surface area contributed by atoms with Gasteiger partial charge in [-0.25, -0.2) is 0 Å². The van der Waals surface area contributed by atoms with Crippen molar-refractivity contribution in [2.24, 2.45) is 5.41 Å². The van der Waals surface area contributed by atoms with Crippen LogP contribution in [0.4, 0.5) is 0 Å². The fourth-order valence-corrected chi connectivity index (χ4v) is 2.88. The van der Waals surface area contributed by atoms with Gasteiger partial charge in [0.2, 0.25) is 0 Å². The van der Waals surface area contributed by atoms with Crippen LogP contribution in [0.2, 0.25) is 0 Å². The largest absolute Gasteiger partial charge is 0.278 e. The predicted octanol–water partition coefficient (Wildman–Crippen LogP) is 4.24. The number of nitrogens with one attached hydrogen (secondary N) is 1. The van der Waals surface area contributed by atoms with Crippen LogP contribution in [-0.4, -0.2) is 10.2 Å². The highest BCUT2D eigenvalue weighted by Gasteiger charge is 2.32. The Kier molecular flexibility index (Phi) is 3.23. The monoisotopic (exact) mass is 275 g/mol. The quantitative estimate of drug-likeness (QED) is 0.777. The summed E-state index contributed by atoms with van der Waals surface area (Å²) in [5.41, 5.74) is 2.83. The fourth-order valence-electron chi connectivity index (χ4n) is 2.88. The second-order valence-electron chi connectivity index (χ2n) is 5.89. The minimum absolute atomic E-state index is 0.0306. The first-order chi connectivity index (χ1) is 10.1. The Morgan fingerprint density at radius 1 is 1.10 bits per heavy atom. The summed E-state index contributed by atoms with van der Waals surface area (Å²) >= 11 is 0. The summed E-state index contributed by atoms with van der Waals surface area (Å²) in [6.45, 7) is 3.98. The van der Waals surface area contributed by atoms with Crippen molar-refractivity contribution < 1.29 is 0 Å². The maximum atomic E-state index is 9.59. The molecule has 0 amide bonds. The normalized spacial score (nSPS) is 13.0. The van der Waals surface area contributed by atoms with Crippen molar-refractivity contribution in [2.45, 2.75) is 19.8 Å². The number of nitrogens with zero attached hydrogens (tertiary/aromatic N) is 2. The fraction of sp³-hybridized carbons (Fsp3) is 0.222. The molecule has 1 atom stereocenters. The first-order valence-corrected chi connectivity index (χ1v) is 7.01. The molecule has 0 saturated carbocycles. The van der Waals surface area contributed by atoms with Crippen molar-refractivity contribution in [3.63, 3.8) is 0 Å². The summed E-state index contributed by atoms with van der Waals surface area (Å²) < 4.78 is 0. The Morgan fingerprint density at radius 2 is 1.86 bits per heavy atom. The zero-order valence-corrected chi connectivity index (χ0v) is 12.2. The summed E-state index contributed by atoms with van der Waals surface area (Å²) in [6, 6.07) is 18.9. The Morgan fingerprint density at radius 3 is 2.57 bits per heavy atom. The zero-order chi connectivity index (χ0) is 14.9. The molecule has 0 aliphatic carbocycles. The summed E-state index contributed by atoms with van der Waals surface area (Å²) in [7, 11) is 0. The van der Waals surface area contributed by atoms with Crippen molar-refractivity contribution in [3.8, 4) is 6.07 Å². The first-order valence-electron chi connectivity index (χ1n) is 7.01. The van der Waals surface area contributed by atoms with Gasteiger partial charge in [-0.3, -0.25) is 5.10 Å². The molecule has 3 aromatic rings. The number of fused-ring (bicyclic) bond motifs is 1. The summed E-state index contributed by atoms with van der Waals surface area (Å²) in [5, 5.41) is 17.7. The van der Waals surface area contributed by atoms with E-state index in [1.54, 1.807) is 0 Å². The van der Waals surface area contributed by atoms with E-state index in [-0.39, 0.29) is 5.92 Å². The highest BCUT2D eigenvalue weighted by molar-refractivity contribution is 5.78. The van der Waals surface area contributed by atoms with Crippen LogP contribution in [0, 0.1) is 16.7 Å². The van der Waals surface area contributed by atoms with Crippen LogP contribution in [0.5, 0.6) is 0 Å². The molecule has 1 aromatic heterocycles. The molecule has 0 radical (unpaired) electrons. The topological polar surface area (TPSA) is 52.5 Å². The molecule has 0 fully saturated rings. The van der Waals surface area contributed by atoms with Crippen LogP contribution in [0.15, 0.2) is 54.7 Å². The van der Waals surface area contributed by atoms with E-state index in [1.165, 1.54) is 0 Å². The number of aromatic amines is 1. The van der Waals surface area contributed by atoms with E-state index in [2.05, 4.69) is 40.5 Å². The molecule has 21 heavy (non-hydrogen) atoms. The Hall–Kier alpha value is -2.60. The lowest BCUT2D eigenvalue weighted by molar-refractivity contribution is 0.431. The molecule has 1 heterocycles. The summed E-state index contributed by atoms with van der Waals surface area (Å²) in [4.78, 5) is 0. The van der Waals surface area contributed by atoms with E-state index in [1.807, 2.05) is 44.3 Å². The third kappa shape index (κ3) is 2.41. The van der Waals surface area contributed by atoms with E-state index < -0.39 is 5.41 Å². The van der Waals surface area contributed by atoms with E-state index >= 15 is 0 Å². The van der Waals surface area contributed by atoms with Gasteiger partial charge in [-0.1, -0.05) is 36.4 Å². The third-order valence-electron chi connectivity index (χ3n) is 3.94. The van der Waals surface area contributed by atoms with Gasteiger partial charge in [0.15, 0.2) is 0 Å². The van der Waals surface area contributed by atoms with Gasteiger partial charge < -0.3 is 0 Å². The summed E-state index contributed by atoms with van der Waals surface area (Å²) in [5.74, 6) is 0.0306. The lowest BCUT2D eigenvalue weighted by atomic mass is 9.72. The van der Waals surface area contributed by atoms with Crippen molar-refractivity contribution >= 4 is 10.9 Å². The molecule has 0 aliphatic rings. The van der Waals surface area contributed by atoms with Crippen molar-refractivity contribution in [1.29, 1.82) is 5.26 Å². The number of H-pyrrole nitrogens is 1. The van der Waals surface area contributed by atoms with E-state index in [0.717, 1.165) is 22.0 Å². The predicted molar refractivity (Wildman–Crippen MR) is 83.8 cm³/mol. The zero-order valence-electron chi connectivity index (χ0n) is 12.2. The minimum Gasteiger partial charge on any atom is -0.278 e. The van der Waals surface area contributed by atoms with Crippen LogP contribution >= 0.6 is 0 Å². The standard InChI is InChI=1S/C18H17N3/c1-18(2,12-19)17(13-6-4-3-5-7-13)14-8-9-16-15(10-14)11-20-21-16/h3-11,17H,1-2H3,(H,20,21)/t17-/m0/s1. The molecule has 0 unspecified atom stereocenters. The average molecular weight is 275 g/mol. The molecular formula is C18H17N3. The number of aromatic nitrogens is 2. The molecule has 3 heteroatoms. The maximum absolute atomic E-state index is 9.59. The van der Waals surface area contributed by atoms with E-state index in [9.17, 15) is 5.26 Å². The lowest BCUT2D eigenvalue weighted by Crippen LogP contribution is -2.21. The van der Waals surface area contributed by atoms with Crippen molar-refractivity contribution in [3.05, 3.63) is 65.9 Å². The van der Waals surface area contributed by atoms with Gasteiger partial charge in [-0.15, -0.1) is 0 Å². The second-order valence-corrected chi connectivity index (χ2v) is 5.89. The van der Waals surface area contributed by atoms with Gasteiger partial charge in [-0.05, 0) is 37.1 Å². The molecule has 0 bridgehead atoms. The van der Waals surface area contributed by atoms with E-state index in [0.29, 0.717) is 0 Å². The first kappa shape index (κ1) is 13.4. The third-order valence-corrected chi connectivity index (χ3v) is 3.94. The SMILES string of the molecule is CC(C)(C#N)[C@@H](c1ccccc1)c1ccc2[nH]ncc2c1.